The van der Waals surface area contributed by atoms with E-state index >= 15 is 0 Å². The fourth-order valence-corrected chi connectivity index (χ4v) is 3.43. The largest absolute Gasteiger partial charge is 0.346 e. The fraction of sp³-hybridized carbons (Fsp3) is 0.200. The Morgan fingerprint density at radius 3 is 2.39 bits per heavy atom. The molecule has 0 saturated carbocycles. The number of aryl methyl sites for hydroxylation is 2. The van der Waals surface area contributed by atoms with Crippen LogP contribution in [0.15, 0.2) is 41.6 Å². The highest BCUT2D eigenvalue weighted by atomic mass is 32.2. The number of rotatable bonds is 7. The molecule has 0 spiro atoms. The SMILES string of the molecule is Cc1ccc(-n2c(C)nnc2SCC(=O)NCC(=O)Nc2ccc(F)c(F)c2F)cc1. The molecule has 0 unspecified atom stereocenters. The Bertz CT molecular complexity index is 1120. The first-order valence-electron chi connectivity index (χ1n) is 9.08. The summed E-state index contributed by atoms with van der Waals surface area (Å²) in [5, 5.41) is 13.1. The van der Waals surface area contributed by atoms with Crippen molar-refractivity contribution in [2.24, 2.45) is 0 Å². The second-order valence-corrected chi connectivity index (χ2v) is 7.48. The topological polar surface area (TPSA) is 88.9 Å². The molecule has 0 saturated heterocycles. The summed E-state index contributed by atoms with van der Waals surface area (Å²) in [5.41, 5.74) is 1.43. The van der Waals surface area contributed by atoms with Gasteiger partial charge in [0.2, 0.25) is 11.8 Å². The molecule has 0 atom stereocenters. The number of hydrogen-bond acceptors (Lipinski definition) is 5. The van der Waals surface area contributed by atoms with Gasteiger partial charge in [-0.1, -0.05) is 29.5 Å². The summed E-state index contributed by atoms with van der Waals surface area (Å²) in [5.74, 6) is -5.22. The molecule has 0 fully saturated rings. The number of hydrogen-bond donors (Lipinski definition) is 2. The molecular weight excluding hydrogens is 431 g/mol. The minimum atomic E-state index is -1.69. The van der Waals surface area contributed by atoms with Crippen molar-refractivity contribution in [3.8, 4) is 5.69 Å². The highest BCUT2D eigenvalue weighted by molar-refractivity contribution is 7.99. The fourth-order valence-electron chi connectivity index (χ4n) is 2.60. The highest BCUT2D eigenvalue weighted by Crippen LogP contribution is 2.22. The smallest absolute Gasteiger partial charge is 0.243 e. The Balaban J connectivity index is 1.54. The maximum atomic E-state index is 13.6. The van der Waals surface area contributed by atoms with E-state index in [2.05, 4.69) is 20.8 Å². The van der Waals surface area contributed by atoms with Crippen molar-refractivity contribution in [3.63, 3.8) is 0 Å². The number of halogens is 3. The summed E-state index contributed by atoms with van der Waals surface area (Å²) < 4.78 is 41.5. The molecule has 162 valence electrons. The van der Waals surface area contributed by atoms with Crippen LogP contribution < -0.4 is 10.6 Å². The highest BCUT2D eigenvalue weighted by Gasteiger charge is 2.16. The summed E-state index contributed by atoms with van der Waals surface area (Å²) in [6.07, 6.45) is 0. The zero-order chi connectivity index (χ0) is 22.5. The summed E-state index contributed by atoms with van der Waals surface area (Å²) in [4.78, 5) is 24.0. The van der Waals surface area contributed by atoms with E-state index in [9.17, 15) is 22.8 Å². The second-order valence-electron chi connectivity index (χ2n) is 6.54. The molecule has 31 heavy (non-hydrogen) atoms. The number of carbonyl (C=O) groups is 2. The lowest BCUT2D eigenvalue weighted by Gasteiger charge is -2.10. The van der Waals surface area contributed by atoms with Crippen molar-refractivity contribution >= 4 is 29.3 Å². The Hall–Kier alpha value is -3.34. The number of amides is 2. The Morgan fingerprint density at radius 1 is 0.968 bits per heavy atom. The van der Waals surface area contributed by atoms with E-state index in [1.54, 1.807) is 11.5 Å². The van der Waals surface area contributed by atoms with Crippen molar-refractivity contribution in [2.75, 3.05) is 17.6 Å². The van der Waals surface area contributed by atoms with Gasteiger partial charge in [0, 0.05) is 5.69 Å². The summed E-state index contributed by atoms with van der Waals surface area (Å²) in [6.45, 7) is 3.29. The first-order chi connectivity index (χ1) is 14.8. The monoisotopic (exact) mass is 449 g/mol. The van der Waals surface area contributed by atoms with Crippen LogP contribution in [0, 0.1) is 31.3 Å². The molecule has 0 bridgehead atoms. The lowest BCUT2D eigenvalue weighted by Crippen LogP contribution is -2.34. The standard InChI is InChI=1S/C20H18F3N5O2S/c1-11-3-5-13(6-4-11)28-12(2)26-27-20(28)31-10-17(30)24-9-16(29)25-15-8-7-14(21)18(22)19(15)23/h3-8H,9-10H2,1-2H3,(H,24,30)(H,25,29). The van der Waals surface area contributed by atoms with E-state index in [1.165, 1.54) is 0 Å². The molecule has 1 aromatic heterocycles. The first kappa shape index (κ1) is 22.3. The zero-order valence-electron chi connectivity index (χ0n) is 16.6. The number of carbonyl (C=O) groups excluding carboxylic acids is 2. The third-order valence-corrected chi connectivity index (χ3v) is 5.10. The van der Waals surface area contributed by atoms with Gasteiger partial charge in [-0.3, -0.25) is 14.2 Å². The van der Waals surface area contributed by atoms with Crippen LogP contribution in [0.3, 0.4) is 0 Å². The van der Waals surface area contributed by atoms with Crippen LogP contribution in [0.5, 0.6) is 0 Å². The summed E-state index contributed by atoms with van der Waals surface area (Å²) in [6, 6.07) is 9.31. The predicted octanol–water partition coefficient (Wildman–Crippen LogP) is 3.15. The second kappa shape index (κ2) is 9.65. The average molecular weight is 449 g/mol. The minimum absolute atomic E-state index is 0.0448. The number of nitrogens with one attached hydrogen (secondary N) is 2. The zero-order valence-corrected chi connectivity index (χ0v) is 17.4. The van der Waals surface area contributed by atoms with E-state index in [0.717, 1.165) is 29.1 Å². The van der Waals surface area contributed by atoms with E-state index in [1.807, 2.05) is 31.2 Å². The molecule has 0 aliphatic heterocycles. The van der Waals surface area contributed by atoms with Crippen LogP contribution in [-0.4, -0.2) is 38.9 Å². The van der Waals surface area contributed by atoms with Gasteiger partial charge in [0.25, 0.3) is 0 Å². The first-order valence-corrected chi connectivity index (χ1v) is 10.1. The Morgan fingerprint density at radius 2 is 1.68 bits per heavy atom. The number of aromatic nitrogens is 3. The van der Waals surface area contributed by atoms with Crippen LogP contribution in [0.4, 0.5) is 18.9 Å². The quantitative estimate of drug-likeness (QED) is 0.427. The molecule has 2 amide bonds. The Kier molecular flexibility index (Phi) is 6.95. The minimum Gasteiger partial charge on any atom is -0.346 e. The molecule has 3 aromatic rings. The van der Waals surface area contributed by atoms with Crippen molar-refractivity contribution in [1.29, 1.82) is 0 Å². The third kappa shape index (κ3) is 5.43. The molecule has 11 heteroatoms. The molecule has 1 heterocycles. The molecular formula is C20H18F3N5O2S. The average Bonchev–Trinajstić information content (AvgIpc) is 3.12. The molecule has 0 aliphatic carbocycles. The van der Waals surface area contributed by atoms with Gasteiger partial charge in [0.15, 0.2) is 22.6 Å². The maximum Gasteiger partial charge on any atom is 0.243 e. The summed E-state index contributed by atoms with van der Waals surface area (Å²) >= 11 is 1.13. The molecule has 0 radical (unpaired) electrons. The lowest BCUT2D eigenvalue weighted by atomic mass is 10.2. The maximum absolute atomic E-state index is 13.6. The van der Waals surface area contributed by atoms with E-state index in [4.69, 9.17) is 0 Å². The van der Waals surface area contributed by atoms with Gasteiger partial charge in [-0.05, 0) is 38.1 Å². The molecule has 2 aromatic carbocycles. The van der Waals surface area contributed by atoms with Crippen molar-refractivity contribution in [3.05, 3.63) is 65.2 Å². The lowest BCUT2D eigenvalue weighted by molar-refractivity contribution is -0.122. The van der Waals surface area contributed by atoms with Crippen LogP contribution in [-0.2, 0) is 9.59 Å². The number of benzene rings is 2. The van der Waals surface area contributed by atoms with E-state index in [0.29, 0.717) is 17.0 Å². The van der Waals surface area contributed by atoms with Crippen molar-refractivity contribution in [2.45, 2.75) is 19.0 Å². The molecule has 0 aliphatic rings. The van der Waals surface area contributed by atoms with Gasteiger partial charge in [-0.2, -0.15) is 0 Å². The number of nitrogens with zero attached hydrogens (tertiary/aromatic N) is 3. The normalized spacial score (nSPS) is 10.7. The van der Waals surface area contributed by atoms with Crippen molar-refractivity contribution in [1.82, 2.24) is 20.1 Å². The van der Waals surface area contributed by atoms with Gasteiger partial charge in [-0.25, -0.2) is 13.2 Å². The number of anilines is 1. The van der Waals surface area contributed by atoms with Gasteiger partial charge >= 0.3 is 0 Å². The Labute approximate surface area is 180 Å². The van der Waals surface area contributed by atoms with Gasteiger partial charge in [-0.15, -0.1) is 10.2 Å². The van der Waals surface area contributed by atoms with Crippen LogP contribution in [0.1, 0.15) is 11.4 Å². The van der Waals surface area contributed by atoms with Gasteiger partial charge < -0.3 is 10.6 Å². The molecule has 2 N–H and O–H groups in total. The third-order valence-electron chi connectivity index (χ3n) is 4.18. The predicted molar refractivity (Wildman–Crippen MR) is 110 cm³/mol. The molecule has 3 rings (SSSR count). The summed E-state index contributed by atoms with van der Waals surface area (Å²) in [7, 11) is 0. The number of thioether (sulfide) groups is 1. The van der Waals surface area contributed by atoms with Gasteiger partial charge in [0.1, 0.15) is 5.82 Å². The van der Waals surface area contributed by atoms with Gasteiger partial charge in [0.05, 0.1) is 18.0 Å². The van der Waals surface area contributed by atoms with E-state index < -0.39 is 41.5 Å². The van der Waals surface area contributed by atoms with Crippen LogP contribution in [0.2, 0.25) is 0 Å². The van der Waals surface area contributed by atoms with Crippen LogP contribution >= 0.6 is 11.8 Å². The van der Waals surface area contributed by atoms with Crippen molar-refractivity contribution < 1.29 is 22.8 Å². The van der Waals surface area contributed by atoms with E-state index in [-0.39, 0.29) is 5.75 Å². The van der Waals surface area contributed by atoms with Crippen LogP contribution in [0.25, 0.3) is 5.69 Å². The molecule has 7 nitrogen and oxygen atoms in total.